The summed E-state index contributed by atoms with van der Waals surface area (Å²) in [7, 11) is 1.57. The summed E-state index contributed by atoms with van der Waals surface area (Å²) in [6.45, 7) is 2.02. The number of ether oxygens (including phenoxy) is 2. The van der Waals surface area contributed by atoms with Crippen LogP contribution in [-0.2, 0) is 6.61 Å². The number of nitrogen functional groups attached to an aromatic ring is 1. The Labute approximate surface area is 171 Å². The molecular weight excluding hydrogens is 403 g/mol. The topological polar surface area (TPSA) is 99.6 Å². The maximum Gasteiger partial charge on any atom is 0.263 e. The number of halogens is 2. The van der Waals surface area contributed by atoms with Gasteiger partial charge in [-0.15, -0.1) is 10.2 Å². The van der Waals surface area contributed by atoms with Crippen LogP contribution in [0.4, 0.5) is 5.95 Å². The second-order valence-electron chi connectivity index (χ2n) is 5.75. The minimum atomic E-state index is 0.285. The fourth-order valence-corrected chi connectivity index (χ4v) is 2.75. The summed E-state index contributed by atoms with van der Waals surface area (Å²) >= 11 is 12.1. The number of hydrogen-bond acceptors (Lipinski definition) is 7. The summed E-state index contributed by atoms with van der Waals surface area (Å²) in [5, 5.41) is 12.9. The molecule has 0 spiro atoms. The summed E-state index contributed by atoms with van der Waals surface area (Å²) in [6.07, 6.45) is 1.60. The first-order chi connectivity index (χ1) is 13.5. The second-order valence-corrected chi connectivity index (χ2v) is 6.59. The van der Waals surface area contributed by atoms with Gasteiger partial charge in [0, 0.05) is 15.6 Å². The van der Waals surface area contributed by atoms with Gasteiger partial charge in [0.1, 0.15) is 6.61 Å². The standard InChI is InChI=1S/C18H18Cl2N6O2/c1-11-23-25-18(26(11)21)24-22-9-12-3-6-16(17(7-12)27-2)28-10-13-4-5-14(19)8-15(13)20/h3-9H,10,21H2,1-2H3,(H,24,25)/b22-9-. The van der Waals surface area contributed by atoms with Crippen LogP contribution in [-0.4, -0.2) is 28.2 Å². The average Bonchev–Trinajstić information content (AvgIpc) is 3.00. The number of nitrogens with zero attached hydrogens (tertiary/aromatic N) is 4. The van der Waals surface area contributed by atoms with Crippen molar-refractivity contribution >= 4 is 35.4 Å². The monoisotopic (exact) mass is 420 g/mol. The van der Waals surface area contributed by atoms with Crippen molar-refractivity contribution in [1.29, 1.82) is 0 Å². The molecular formula is C18H18Cl2N6O2. The highest BCUT2D eigenvalue weighted by molar-refractivity contribution is 6.35. The molecule has 10 heteroatoms. The highest BCUT2D eigenvalue weighted by Gasteiger charge is 2.08. The van der Waals surface area contributed by atoms with Crippen LogP contribution in [0.25, 0.3) is 0 Å². The van der Waals surface area contributed by atoms with Crippen LogP contribution < -0.4 is 20.7 Å². The molecule has 3 rings (SSSR count). The van der Waals surface area contributed by atoms with E-state index in [2.05, 4.69) is 20.7 Å². The molecule has 3 N–H and O–H groups in total. The van der Waals surface area contributed by atoms with Crippen LogP contribution in [0.2, 0.25) is 10.0 Å². The Kier molecular flexibility index (Phi) is 6.23. The van der Waals surface area contributed by atoms with Gasteiger partial charge in [-0.1, -0.05) is 29.3 Å². The van der Waals surface area contributed by atoms with E-state index in [1.807, 2.05) is 12.1 Å². The van der Waals surface area contributed by atoms with E-state index in [1.165, 1.54) is 4.68 Å². The summed E-state index contributed by atoms with van der Waals surface area (Å²) in [6, 6.07) is 10.7. The summed E-state index contributed by atoms with van der Waals surface area (Å²) in [5.74, 6) is 7.80. The maximum atomic E-state index is 6.17. The van der Waals surface area contributed by atoms with E-state index < -0.39 is 0 Å². The Bertz CT molecular complexity index is 1010. The van der Waals surface area contributed by atoms with Crippen molar-refractivity contribution in [3.05, 3.63) is 63.4 Å². The molecule has 0 atom stereocenters. The van der Waals surface area contributed by atoms with E-state index in [4.69, 9.17) is 38.5 Å². The van der Waals surface area contributed by atoms with Gasteiger partial charge in [-0.25, -0.2) is 10.1 Å². The van der Waals surface area contributed by atoms with Crippen LogP contribution in [0.15, 0.2) is 41.5 Å². The molecule has 146 valence electrons. The van der Waals surface area contributed by atoms with Crippen LogP contribution in [0, 0.1) is 6.92 Å². The number of anilines is 1. The Morgan fingerprint density at radius 2 is 2.00 bits per heavy atom. The van der Waals surface area contributed by atoms with Gasteiger partial charge in [0.2, 0.25) is 0 Å². The fourth-order valence-electron chi connectivity index (χ4n) is 2.29. The number of hydrogen-bond donors (Lipinski definition) is 2. The van der Waals surface area contributed by atoms with Crippen LogP contribution in [0.3, 0.4) is 0 Å². The van der Waals surface area contributed by atoms with Gasteiger partial charge in [-0.3, -0.25) is 0 Å². The lowest BCUT2D eigenvalue weighted by molar-refractivity contribution is 0.284. The molecule has 1 aromatic heterocycles. The van der Waals surface area contributed by atoms with Crippen molar-refractivity contribution in [3.8, 4) is 11.5 Å². The number of hydrazone groups is 1. The molecule has 28 heavy (non-hydrogen) atoms. The largest absolute Gasteiger partial charge is 0.493 e. The molecule has 0 aliphatic heterocycles. The number of aryl methyl sites for hydroxylation is 1. The summed E-state index contributed by atoms with van der Waals surface area (Å²) in [4.78, 5) is 0. The molecule has 0 aliphatic carbocycles. The smallest absolute Gasteiger partial charge is 0.263 e. The van der Waals surface area contributed by atoms with Gasteiger partial charge in [0.15, 0.2) is 17.3 Å². The summed E-state index contributed by atoms with van der Waals surface area (Å²) < 4.78 is 12.5. The first kappa shape index (κ1) is 19.8. The van der Waals surface area contributed by atoms with E-state index in [0.717, 1.165) is 11.1 Å². The number of benzene rings is 2. The van der Waals surface area contributed by atoms with Gasteiger partial charge >= 0.3 is 0 Å². The third-order valence-corrected chi connectivity index (χ3v) is 4.42. The third kappa shape index (κ3) is 4.65. The Morgan fingerprint density at radius 3 is 2.68 bits per heavy atom. The average molecular weight is 421 g/mol. The van der Waals surface area contributed by atoms with Gasteiger partial charge in [-0.2, -0.15) is 5.10 Å². The normalized spacial score (nSPS) is 11.0. The molecule has 0 fully saturated rings. The molecule has 0 saturated heterocycles. The third-order valence-electron chi connectivity index (χ3n) is 3.83. The maximum absolute atomic E-state index is 6.17. The van der Waals surface area contributed by atoms with Crippen molar-refractivity contribution in [2.75, 3.05) is 18.4 Å². The highest BCUT2D eigenvalue weighted by Crippen LogP contribution is 2.29. The molecule has 8 nitrogen and oxygen atoms in total. The molecule has 0 unspecified atom stereocenters. The summed E-state index contributed by atoms with van der Waals surface area (Å²) in [5.41, 5.74) is 4.34. The van der Waals surface area contributed by atoms with Crippen LogP contribution in [0.1, 0.15) is 17.0 Å². The molecule has 3 aromatic rings. The quantitative estimate of drug-likeness (QED) is 0.343. The first-order valence-corrected chi connectivity index (χ1v) is 8.94. The lowest BCUT2D eigenvalue weighted by Crippen LogP contribution is -2.13. The van der Waals surface area contributed by atoms with E-state index in [1.54, 1.807) is 44.5 Å². The molecule has 0 aliphatic rings. The number of nitrogens with one attached hydrogen (secondary N) is 1. The van der Waals surface area contributed by atoms with Crippen molar-refractivity contribution in [2.24, 2.45) is 5.10 Å². The van der Waals surface area contributed by atoms with Crippen molar-refractivity contribution in [3.63, 3.8) is 0 Å². The van der Waals surface area contributed by atoms with Crippen LogP contribution in [0.5, 0.6) is 11.5 Å². The second kappa shape index (κ2) is 8.81. The van der Waals surface area contributed by atoms with Crippen molar-refractivity contribution in [2.45, 2.75) is 13.5 Å². The van der Waals surface area contributed by atoms with Gasteiger partial charge in [0.05, 0.1) is 13.3 Å². The molecule has 0 bridgehead atoms. The zero-order valence-corrected chi connectivity index (χ0v) is 16.7. The number of nitrogens with two attached hydrogens (primary N) is 1. The molecule has 1 heterocycles. The van der Waals surface area contributed by atoms with E-state index in [0.29, 0.717) is 33.3 Å². The predicted molar refractivity (Wildman–Crippen MR) is 110 cm³/mol. The Balaban J connectivity index is 1.67. The molecule has 0 amide bonds. The van der Waals surface area contributed by atoms with Crippen LogP contribution >= 0.6 is 23.2 Å². The van der Waals surface area contributed by atoms with Gasteiger partial charge in [0.25, 0.3) is 5.95 Å². The molecule has 0 radical (unpaired) electrons. The number of aromatic nitrogens is 3. The Morgan fingerprint density at radius 1 is 1.18 bits per heavy atom. The zero-order chi connectivity index (χ0) is 20.1. The molecule has 0 saturated carbocycles. The van der Waals surface area contributed by atoms with Gasteiger partial charge in [-0.05, 0) is 42.8 Å². The predicted octanol–water partition coefficient (Wildman–Crippen LogP) is 3.64. The Hall–Kier alpha value is -2.97. The zero-order valence-electron chi connectivity index (χ0n) is 15.2. The highest BCUT2D eigenvalue weighted by atomic mass is 35.5. The van der Waals surface area contributed by atoms with Crippen molar-refractivity contribution < 1.29 is 9.47 Å². The minimum absolute atomic E-state index is 0.285. The number of methoxy groups -OCH3 is 1. The van der Waals surface area contributed by atoms with Gasteiger partial charge < -0.3 is 15.3 Å². The van der Waals surface area contributed by atoms with E-state index in [-0.39, 0.29) is 6.61 Å². The fraction of sp³-hybridized carbons (Fsp3) is 0.167. The van der Waals surface area contributed by atoms with E-state index in [9.17, 15) is 0 Å². The molecule has 2 aromatic carbocycles. The minimum Gasteiger partial charge on any atom is -0.493 e. The van der Waals surface area contributed by atoms with Crippen molar-refractivity contribution in [1.82, 2.24) is 14.9 Å². The lowest BCUT2D eigenvalue weighted by Gasteiger charge is -2.12. The first-order valence-electron chi connectivity index (χ1n) is 8.19. The lowest BCUT2D eigenvalue weighted by atomic mass is 10.2. The number of rotatable bonds is 7. The van der Waals surface area contributed by atoms with E-state index >= 15 is 0 Å². The SMILES string of the molecule is COc1cc(/C=N\Nc2nnc(C)n2N)ccc1OCc1ccc(Cl)cc1Cl.